The second-order valence-corrected chi connectivity index (χ2v) is 5.46. The molecule has 0 fully saturated rings. The molecule has 0 aliphatic carbocycles. The van der Waals surface area contributed by atoms with E-state index in [9.17, 15) is 0 Å². The predicted molar refractivity (Wildman–Crippen MR) is 82.9 cm³/mol. The zero-order chi connectivity index (χ0) is 15.1. The van der Waals surface area contributed by atoms with Crippen LogP contribution in [0.2, 0.25) is 0 Å². The van der Waals surface area contributed by atoms with Gasteiger partial charge in [-0.3, -0.25) is 0 Å². The first-order valence-electron chi connectivity index (χ1n) is 7.43. The molecule has 21 heavy (non-hydrogen) atoms. The Bertz CT molecular complexity index is 524. The van der Waals surface area contributed by atoms with E-state index in [1.165, 1.54) is 5.56 Å². The third-order valence-corrected chi connectivity index (χ3v) is 3.19. The lowest BCUT2D eigenvalue weighted by molar-refractivity contribution is 0.339. The minimum absolute atomic E-state index is 0.207. The average Bonchev–Trinajstić information content (AvgIpc) is 2.90. The Morgan fingerprint density at radius 1 is 1.24 bits per heavy atom. The summed E-state index contributed by atoms with van der Waals surface area (Å²) in [5, 5.41) is 7.57. The number of hydrogen-bond acceptors (Lipinski definition) is 5. The summed E-state index contributed by atoms with van der Waals surface area (Å²) < 4.78 is 5.37. The molecule has 1 atom stereocenters. The third kappa shape index (κ3) is 4.95. The van der Waals surface area contributed by atoms with E-state index < -0.39 is 0 Å². The van der Waals surface area contributed by atoms with Gasteiger partial charge in [-0.05, 0) is 32.6 Å². The molecule has 5 heteroatoms. The van der Waals surface area contributed by atoms with Gasteiger partial charge < -0.3 is 14.7 Å². The van der Waals surface area contributed by atoms with Gasteiger partial charge >= 0.3 is 0 Å². The molecule has 0 saturated carbocycles. The van der Waals surface area contributed by atoms with Gasteiger partial charge in [-0.25, -0.2) is 0 Å². The minimum atomic E-state index is 0.207. The molecule has 5 nitrogen and oxygen atoms in total. The molecule has 0 aliphatic rings. The van der Waals surface area contributed by atoms with Crippen LogP contribution in [0.1, 0.15) is 36.7 Å². The van der Waals surface area contributed by atoms with Gasteiger partial charge in [-0.2, -0.15) is 4.98 Å². The smallest absolute Gasteiger partial charge is 0.228 e. The van der Waals surface area contributed by atoms with Crippen molar-refractivity contribution in [2.75, 3.05) is 20.6 Å². The van der Waals surface area contributed by atoms with Crippen LogP contribution in [0.5, 0.6) is 0 Å². The molecule has 0 bridgehead atoms. The summed E-state index contributed by atoms with van der Waals surface area (Å²) in [6.45, 7) is 3.83. The van der Waals surface area contributed by atoms with Gasteiger partial charge in [0.2, 0.25) is 5.89 Å². The number of rotatable bonds is 8. The van der Waals surface area contributed by atoms with Crippen LogP contribution >= 0.6 is 0 Å². The maximum absolute atomic E-state index is 5.37. The van der Waals surface area contributed by atoms with E-state index in [1.54, 1.807) is 0 Å². The van der Waals surface area contributed by atoms with Crippen molar-refractivity contribution in [1.29, 1.82) is 0 Å². The molecule has 0 amide bonds. The van der Waals surface area contributed by atoms with Gasteiger partial charge in [-0.15, -0.1) is 0 Å². The zero-order valence-electron chi connectivity index (χ0n) is 13.0. The fourth-order valence-electron chi connectivity index (χ4n) is 2.21. The van der Waals surface area contributed by atoms with Crippen LogP contribution in [0, 0.1) is 0 Å². The van der Waals surface area contributed by atoms with E-state index in [4.69, 9.17) is 4.52 Å². The van der Waals surface area contributed by atoms with Crippen LogP contribution in [-0.2, 0) is 13.0 Å². The fourth-order valence-corrected chi connectivity index (χ4v) is 2.21. The van der Waals surface area contributed by atoms with E-state index >= 15 is 0 Å². The maximum Gasteiger partial charge on any atom is 0.228 e. The number of nitrogens with zero attached hydrogens (tertiary/aromatic N) is 3. The van der Waals surface area contributed by atoms with Crippen LogP contribution in [-0.4, -0.2) is 35.7 Å². The second-order valence-electron chi connectivity index (χ2n) is 5.46. The second kappa shape index (κ2) is 7.90. The van der Waals surface area contributed by atoms with Crippen LogP contribution in [0.25, 0.3) is 0 Å². The molecule has 0 spiro atoms. The van der Waals surface area contributed by atoms with Crippen molar-refractivity contribution >= 4 is 0 Å². The summed E-state index contributed by atoms with van der Waals surface area (Å²) in [6.07, 6.45) is 1.81. The number of benzene rings is 1. The van der Waals surface area contributed by atoms with Crippen molar-refractivity contribution in [3.8, 4) is 0 Å². The summed E-state index contributed by atoms with van der Waals surface area (Å²) in [6, 6.07) is 10.6. The lowest BCUT2D eigenvalue weighted by Crippen LogP contribution is -2.24. The van der Waals surface area contributed by atoms with Gasteiger partial charge in [0.15, 0.2) is 5.82 Å². The summed E-state index contributed by atoms with van der Waals surface area (Å²) in [5.74, 6) is 1.42. The molecule has 1 aromatic carbocycles. The molecular formula is C16H24N4O. The minimum Gasteiger partial charge on any atom is -0.339 e. The normalized spacial score (nSPS) is 12.8. The Balaban J connectivity index is 2.06. The third-order valence-electron chi connectivity index (χ3n) is 3.19. The SMILES string of the molecule is CCCNC(Cc1nc(CN(C)C)no1)c1ccccc1. The van der Waals surface area contributed by atoms with E-state index in [0.29, 0.717) is 18.9 Å². The molecule has 114 valence electrons. The molecule has 2 rings (SSSR count). The Morgan fingerprint density at radius 2 is 2.00 bits per heavy atom. The fraction of sp³-hybridized carbons (Fsp3) is 0.500. The van der Waals surface area contributed by atoms with Gasteiger partial charge in [0.25, 0.3) is 0 Å². The molecule has 1 unspecified atom stereocenters. The molecular weight excluding hydrogens is 264 g/mol. The first-order valence-corrected chi connectivity index (χ1v) is 7.43. The molecule has 2 aromatic rings. The van der Waals surface area contributed by atoms with Crippen molar-refractivity contribution in [1.82, 2.24) is 20.4 Å². The monoisotopic (exact) mass is 288 g/mol. The van der Waals surface area contributed by atoms with Crippen molar-refractivity contribution in [2.24, 2.45) is 0 Å². The van der Waals surface area contributed by atoms with Gasteiger partial charge in [0.1, 0.15) is 0 Å². The van der Waals surface area contributed by atoms with Crippen LogP contribution < -0.4 is 5.32 Å². The van der Waals surface area contributed by atoms with Crippen molar-refractivity contribution in [2.45, 2.75) is 32.4 Å². The Hall–Kier alpha value is -1.72. The van der Waals surface area contributed by atoms with Crippen LogP contribution in [0.15, 0.2) is 34.9 Å². The summed E-state index contributed by atoms with van der Waals surface area (Å²) in [5.41, 5.74) is 1.25. The quantitative estimate of drug-likeness (QED) is 0.808. The highest BCUT2D eigenvalue weighted by Gasteiger charge is 2.16. The molecule has 0 saturated heterocycles. The Labute approximate surface area is 126 Å². The first kappa shape index (κ1) is 15.7. The van der Waals surface area contributed by atoms with Gasteiger partial charge in [0.05, 0.1) is 6.54 Å². The lowest BCUT2D eigenvalue weighted by Gasteiger charge is -2.17. The molecule has 0 radical (unpaired) electrons. The highest BCUT2D eigenvalue weighted by Crippen LogP contribution is 2.17. The topological polar surface area (TPSA) is 54.2 Å². The first-order chi connectivity index (χ1) is 10.2. The van der Waals surface area contributed by atoms with Crippen molar-refractivity contribution in [3.63, 3.8) is 0 Å². The molecule has 0 aliphatic heterocycles. The largest absolute Gasteiger partial charge is 0.339 e. The van der Waals surface area contributed by atoms with E-state index in [-0.39, 0.29) is 6.04 Å². The van der Waals surface area contributed by atoms with Crippen molar-refractivity contribution < 1.29 is 4.52 Å². The standard InChI is InChI=1S/C16H24N4O/c1-4-10-17-14(13-8-6-5-7-9-13)11-16-18-15(19-21-16)12-20(2)3/h5-9,14,17H,4,10-12H2,1-3H3. The number of aromatic nitrogens is 2. The average molecular weight is 288 g/mol. The Kier molecular flexibility index (Phi) is 5.90. The van der Waals surface area contributed by atoms with E-state index in [0.717, 1.165) is 18.8 Å². The molecule has 1 N–H and O–H groups in total. The van der Waals surface area contributed by atoms with Gasteiger partial charge in [-0.1, -0.05) is 42.4 Å². The number of nitrogens with one attached hydrogen (secondary N) is 1. The highest BCUT2D eigenvalue weighted by atomic mass is 16.5. The summed E-state index contributed by atoms with van der Waals surface area (Å²) in [4.78, 5) is 6.49. The maximum atomic E-state index is 5.37. The zero-order valence-corrected chi connectivity index (χ0v) is 13.0. The highest BCUT2D eigenvalue weighted by molar-refractivity contribution is 5.19. The van der Waals surface area contributed by atoms with Crippen molar-refractivity contribution in [3.05, 3.63) is 47.6 Å². The molecule has 1 heterocycles. The van der Waals surface area contributed by atoms with E-state index in [1.807, 2.05) is 25.1 Å². The predicted octanol–water partition coefficient (Wildman–Crippen LogP) is 2.41. The van der Waals surface area contributed by atoms with Gasteiger partial charge in [0, 0.05) is 12.5 Å². The van der Waals surface area contributed by atoms with Crippen LogP contribution in [0.4, 0.5) is 0 Å². The van der Waals surface area contributed by atoms with Crippen LogP contribution in [0.3, 0.4) is 0 Å². The summed E-state index contributed by atoms with van der Waals surface area (Å²) in [7, 11) is 3.98. The lowest BCUT2D eigenvalue weighted by atomic mass is 10.0. The van der Waals surface area contributed by atoms with E-state index in [2.05, 4.69) is 46.6 Å². The molecule has 1 aromatic heterocycles. The summed E-state index contributed by atoms with van der Waals surface area (Å²) >= 11 is 0. The Morgan fingerprint density at radius 3 is 2.67 bits per heavy atom. The number of hydrogen-bond donors (Lipinski definition) is 1.